The molecule has 0 spiro atoms. The maximum atomic E-state index is 14.8. The normalized spacial score (nSPS) is 25.0. The highest BCUT2D eigenvalue weighted by Crippen LogP contribution is 2.41. The number of alkyl halides is 2. The molecule has 1 nitrogen and oxygen atoms in total. The monoisotopic (exact) mass is 344 g/mol. The number of hydrogen-bond donors (Lipinski definition) is 0. The van der Waals surface area contributed by atoms with Crippen LogP contribution in [0.3, 0.4) is 0 Å². The van der Waals surface area contributed by atoms with Gasteiger partial charge in [-0.05, 0) is 33.5 Å². The lowest BCUT2D eigenvalue weighted by Gasteiger charge is -2.31. The molecular formula is C18H14BrFO. The fourth-order valence-electron chi connectivity index (χ4n) is 2.61. The number of hydrogen-bond acceptors (Lipinski definition) is 1. The van der Waals surface area contributed by atoms with Gasteiger partial charge in [0.1, 0.15) is 0 Å². The molecule has 0 saturated carbocycles. The molecule has 0 heterocycles. The molecule has 0 fully saturated rings. The number of carbonyl (C=O) groups is 1. The fraction of sp³-hybridized carbons (Fsp3) is 0.167. The molecule has 3 rings (SSSR count). The number of benzene rings is 2. The Morgan fingerprint density at radius 1 is 1.10 bits per heavy atom. The summed E-state index contributed by atoms with van der Waals surface area (Å²) in [7, 11) is 0. The molecule has 0 N–H and O–H groups in total. The minimum Gasteiger partial charge on any atom is -0.289 e. The molecule has 0 aliphatic heterocycles. The van der Waals surface area contributed by atoms with Gasteiger partial charge in [0.2, 0.25) is 10.4 Å². The lowest BCUT2D eigenvalue weighted by atomic mass is 9.81. The number of allylic oxidation sites excluding steroid dienone is 1. The predicted octanol–water partition coefficient (Wildman–Crippen LogP) is 4.82. The average molecular weight is 345 g/mol. The van der Waals surface area contributed by atoms with Crippen LogP contribution in [-0.2, 0) is 6.42 Å². The van der Waals surface area contributed by atoms with Crippen molar-refractivity contribution in [1.82, 2.24) is 0 Å². The predicted molar refractivity (Wildman–Crippen MR) is 86.2 cm³/mol. The van der Waals surface area contributed by atoms with Crippen molar-refractivity contribution >= 4 is 27.8 Å². The molecule has 2 aromatic rings. The zero-order valence-electron chi connectivity index (χ0n) is 11.3. The van der Waals surface area contributed by atoms with Crippen molar-refractivity contribution in [1.29, 1.82) is 0 Å². The fourth-order valence-corrected chi connectivity index (χ4v) is 3.14. The van der Waals surface area contributed by atoms with E-state index in [1.54, 1.807) is 18.2 Å². The summed E-state index contributed by atoms with van der Waals surface area (Å²) >= 11 is 3.00. The van der Waals surface area contributed by atoms with Gasteiger partial charge in [0, 0.05) is 11.5 Å². The first-order valence-electron chi connectivity index (χ1n) is 6.83. The van der Waals surface area contributed by atoms with E-state index in [2.05, 4.69) is 15.9 Å². The number of carbonyl (C=O) groups excluding carboxylic acids is 1. The summed E-state index contributed by atoms with van der Waals surface area (Å²) in [5.74, 6) is -1.01. The number of halogens is 2. The third kappa shape index (κ3) is 2.70. The minimum absolute atomic E-state index is 0.473. The molecule has 2 unspecified atom stereocenters. The van der Waals surface area contributed by atoms with Crippen LogP contribution in [0, 0.1) is 5.92 Å². The van der Waals surface area contributed by atoms with Gasteiger partial charge in [-0.25, -0.2) is 4.39 Å². The summed E-state index contributed by atoms with van der Waals surface area (Å²) in [5, 5.41) is 0. The number of Topliss-reactive ketones (excluding diaryl/α,β-unsaturated/α-hetero) is 1. The maximum Gasteiger partial charge on any atom is 0.233 e. The highest BCUT2D eigenvalue weighted by molar-refractivity contribution is 9.10. The molecule has 1 aliphatic carbocycles. The first-order valence-corrected chi connectivity index (χ1v) is 7.62. The summed E-state index contributed by atoms with van der Waals surface area (Å²) in [6, 6.07) is 16.9. The van der Waals surface area contributed by atoms with Crippen molar-refractivity contribution in [2.24, 2.45) is 5.92 Å². The van der Waals surface area contributed by atoms with Crippen molar-refractivity contribution in [2.75, 3.05) is 0 Å². The highest BCUT2D eigenvalue weighted by Gasteiger charge is 2.47. The van der Waals surface area contributed by atoms with E-state index in [1.165, 1.54) is 0 Å². The number of ketones is 1. The van der Waals surface area contributed by atoms with Crippen molar-refractivity contribution in [3.8, 4) is 0 Å². The minimum atomic E-state index is -2.04. The van der Waals surface area contributed by atoms with Crippen LogP contribution in [0.25, 0.3) is 6.08 Å². The van der Waals surface area contributed by atoms with Gasteiger partial charge in [0.05, 0.1) is 0 Å². The highest BCUT2D eigenvalue weighted by atomic mass is 79.9. The van der Waals surface area contributed by atoms with Gasteiger partial charge in [0.15, 0.2) is 0 Å². The zero-order chi connectivity index (χ0) is 14.9. The van der Waals surface area contributed by atoms with Gasteiger partial charge in [-0.1, -0.05) is 66.7 Å². The molecule has 0 bridgehead atoms. The van der Waals surface area contributed by atoms with Gasteiger partial charge >= 0.3 is 0 Å². The summed E-state index contributed by atoms with van der Waals surface area (Å²) in [5.41, 5.74) is 2.37. The van der Waals surface area contributed by atoms with Crippen molar-refractivity contribution in [3.63, 3.8) is 0 Å². The van der Waals surface area contributed by atoms with Crippen molar-refractivity contribution in [3.05, 3.63) is 77.4 Å². The first kappa shape index (κ1) is 14.2. The Labute approximate surface area is 131 Å². The third-order valence-corrected chi connectivity index (χ3v) is 4.74. The summed E-state index contributed by atoms with van der Waals surface area (Å²) in [6.45, 7) is 0. The third-order valence-electron chi connectivity index (χ3n) is 3.79. The van der Waals surface area contributed by atoms with E-state index < -0.39 is 16.3 Å². The standard InChI is InChI=1S/C18H14BrFO/c19-18(20)15(11-10-13-6-2-1-3-7-13)12-14-8-4-5-9-16(14)17(18)21/h1-11,15H,12H2. The summed E-state index contributed by atoms with van der Waals surface area (Å²) in [4.78, 5) is 12.3. The molecule has 1 aliphatic rings. The average Bonchev–Trinajstić information content (AvgIpc) is 2.51. The van der Waals surface area contributed by atoms with Crippen LogP contribution >= 0.6 is 15.9 Å². The molecule has 21 heavy (non-hydrogen) atoms. The molecule has 0 saturated heterocycles. The Morgan fingerprint density at radius 2 is 1.76 bits per heavy atom. The van der Waals surface area contributed by atoms with E-state index in [1.807, 2.05) is 48.5 Å². The Morgan fingerprint density at radius 3 is 2.52 bits per heavy atom. The van der Waals surface area contributed by atoms with Crippen LogP contribution in [-0.4, -0.2) is 10.4 Å². The van der Waals surface area contributed by atoms with Gasteiger partial charge in [-0.15, -0.1) is 0 Å². The van der Waals surface area contributed by atoms with E-state index in [9.17, 15) is 9.18 Å². The molecule has 0 radical (unpaired) electrons. The van der Waals surface area contributed by atoms with E-state index in [4.69, 9.17) is 0 Å². The first-order chi connectivity index (χ1) is 10.1. The van der Waals surface area contributed by atoms with Crippen molar-refractivity contribution < 1.29 is 9.18 Å². The summed E-state index contributed by atoms with van der Waals surface area (Å²) < 4.78 is 12.8. The molecule has 0 amide bonds. The van der Waals surface area contributed by atoms with Gasteiger partial charge in [0.25, 0.3) is 0 Å². The maximum absolute atomic E-state index is 14.8. The second-order valence-corrected chi connectivity index (χ2v) is 6.34. The van der Waals surface area contributed by atoms with E-state index >= 15 is 0 Å². The Balaban J connectivity index is 1.93. The number of rotatable bonds is 2. The quantitative estimate of drug-likeness (QED) is 0.714. The van der Waals surface area contributed by atoms with Gasteiger partial charge < -0.3 is 0 Å². The lowest BCUT2D eigenvalue weighted by molar-refractivity contribution is 0.0774. The lowest BCUT2D eigenvalue weighted by Crippen LogP contribution is -2.40. The zero-order valence-corrected chi connectivity index (χ0v) is 12.9. The molecule has 3 heteroatoms. The SMILES string of the molecule is O=C1c2ccccc2CC(C=Cc2ccccc2)C1(F)Br. The van der Waals surface area contributed by atoms with Crippen LogP contribution in [0.4, 0.5) is 4.39 Å². The van der Waals surface area contributed by atoms with Crippen LogP contribution in [0.5, 0.6) is 0 Å². The van der Waals surface area contributed by atoms with Crippen molar-refractivity contribution in [2.45, 2.75) is 11.0 Å². The Kier molecular flexibility index (Phi) is 3.77. The summed E-state index contributed by atoms with van der Waals surface area (Å²) in [6.07, 6.45) is 4.15. The van der Waals surface area contributed by atoms with Crippen LogP contribution in [0.1, 0.15) is 21.5 Å². The van der Waals surface area contributed by atoms with Gasteiger partial charge in [-0.3, -0.25) is 4.79 Å². The molecular weight excluding hydrogens is 331 g/mol. The largest absolute Gasteiger partial charge is 0.289 e. The molecule has 2 aromatic carbocycles. The van der Waals surface area contributed by atoms with Gasteiger partial charge in [-0.2, -0.15) is 0 Å². The second kappa shape index (κ2) is 5.57. The molecule has 106 valence electrons. The topological polar surface area (TPSA) is 17.1 Å². The Bertz CT molecular complexity index is 691. The Hall–Kier alpha value is -1.74. The van der Waals surface area contributed by atoms with E-state index in [0.717, 1.165) is 11.1 Å². The number of fused-ring (bicyclic) bond motifs is 1. The molecule has 0 aromatic heterocycles. The van der Waals surface area contributed by atoms with E-state index in [0.29, 0.717) is 12.0 Å². The second-order valence-electron chi connectivity index (χ2n) is 5.19. The molecule has 2 atom stereocenters. The smallest absolute Gasteiger partial charge is 0.233 e. The van der Waals surface area contributed by atoms with E-state index in [-0.39, 0.29) is 0 Å². The van der Waals surface area contributed by atoms with Crippen LogP contribution in [0.2, 0.25) is 0 Å². The van der Waals surface area contributed by atoms with Crippen LogP contribution < -0.4 is 0 Å². The van der Waals surface area contributed by atoms with Crippen LogP contribution in [0.15, 0.2) is 60.7 Å².